The Morgan fingerprint density at radius 3 is 2.40 bits per heavy atom. The highest BCUT2D eigenvalue weighted by molar-refractivity contribution is 5.97. The van der Waals surface area contributed by atoms with Crippen LogP contribution in [0.1, 0.15) is 48.0 Å². The van der Waals surface area contributed by atoms with Crippen LogP contribution in [-0.4, -0.2) is 41.1 Å². The second-order valence-corrected chi connectivity index (χ2v) is 9.53. The highest BCUT2D eigenvalue weighted by Crippen LogP contribution is 2.28. The van der Waals surface area contributed by atoms with Gasteiger partial charge in [0.25, 0.3) is 0 Å². The van der Waals surface area contributed by atoms with Crippen molar-refractivity contribution >= 4 is 17.2 Å². The summed E-state index contributed by atoms with van der Waals surface area (Å²) in [6.45, 7) is 7.16. The number of ether oxygens (including phenoxy) is 2. The molecule has 0 radical (unpaired) electrons. The van der Waals surface area contributed by atoms with Crippen molar-refractivity contribution in [3.63, 3.8) is 0 Å². The van der Waals surface area contributed by atoms with E-state index < -0.39 is 0 Å². The van der Waals surface area contributed by atoms with E-state index in [0.29, 0.717) is 34.9 Å². The van der Waals surface area contributed by atoms with E-state index in [-0.39, 0.29) is 17.6 Å². The molecule has 0 atom stereocenters. The van der Waals surface area contributed by atoms with Crippen molar-refractivity contribution in [3.05, 3.63) is 83.2 Å². The molecular formula is C28H32N4O3. The van der Waals surface area contributed by atoms with Gasteiger partial charge in [0, 0.05) is 24.2 Å². The highest BCUT2D eigenvalue weighted by atomic mass is 16.5. The van der Waals surface area contributed by atoms with Crippen LogP contribution in [0.3, 0.4) is 0 Å². The van der Waals surface area contributed by atoms with Gasteiger partial charge in [-0.3, -0.25) is 4.79 Å². The first kappa shape index (κ1) is 24.3. The van der Waals surface area contributed by atoms with Crippen molar-refractivity contribution in [2.75, 3.05) is 26.1 Å². The van der Waals surface area contributed by atoms with Gasteiger partial charge in [-0.25, -0.2) is 4.98 Å². The van der Waals surface area contributed by atoms with Gasteiger partial charge in [0.1, 0.15) is 5.82 Å². The number of anilines is 1. The Morgan fingerprint density at radius 1 is 0.971 bits per heavy atom. The third-order valence-corrected chi connectivity index (χ3v) is 5.99. The summed E-state index contributed by atoms with van der Waals surface area (Å²) >= 11 is 0. The predicted molar refractivity (Wildman–Crippen MR) is 138 cm³/mol. The SMILES string of the molecule is COc1ccc(CCNc2cc(CC(=O)c3ccc(C(C)(C)C)cc3)nc3ccnn23)cc1OC. The van der Waals surface area contributed by atoms with E-state index >= 15 is 0 Å². The van der Waals surface area contributed by atoms with Crippen LogP contribution >= 0.6 is 0 Å². The number of hydrogen-bond acceptors (Lipinski definition) is 6. The van der Waals surface area contributed by atoms with Crippen LogP contribution in [0.5, 0.6) is 11.5 Å². The molecule has 2 heterocycles. The molecular weight excluding hydrogens is 440 g/mol. The summed E-state index contributed by atoms with van der Waals surface area (Å²) in [5.41, 5.74) is 4.47. The quantitative estimate of drug-likeness (QED) is 0.341. The second-order valence-electron chi connectivity index (χ2n) is 9.53. The van der Waals surface area contributed by atoms with Crippen LogP contribution in [0.2, 0.25) is 0 Å². The Hall–Kier alpha value is -3.87. The largest absolute Gasteiger partial charge is 0.493 e. The standard InChI is InChI=1S/C28H32N4O3/c1-28(2,3)21-9-7-20(8-10-21)23(33)17-22-18-27(32-26(31-22)13-15-30-32)29-14-12-19-6-11-24(34-4)25(16-19)35-5/h6-11,13,15-16,18,29H,12,14,17H2,1-5H3. The van der Waals surface area contributed by atoms with E-state index in [2.05, 4.69) is 36.2 Å². The number of Topliss-reactive ketones (excluding diaryl/α,β-unsaturated/α-hetero) is 1. The van der Waals surface area contributed by atoms with Crippen molar-refractivity contribution < 1.29 is 14.3 Å². The number of methoxy groups -OCH3 is 2. The molecule has 0 aliphatic heterocycles. The van der Waals surface area contributed by atoms with Gasteiger partial charge in [0.2, 0.25) is 0 Å². The fourth-order valence-corrected chi connectivity index (χ4v) is 3.98. The number of fused-ring (bicyclic) bond motifs is 1. The number of carbonyl (C=O) groups excluding carboxylic acids is 1. The molecule has 0 spiro atoms. The number of rotatable bonds is 9. The molecule has 0 bridgehead atoms. The molecule has 35 heavy (non-hydrogen) atoms. The van der Waals surface area contributed by atoms with Crippen LogP contribution in [0.4, 0.5) is 5.82 Å². The molecule has 4 rings (SSSR count). The molecule has 0 fully saturated rings. The maximum Gasteiger partial charge on any atom is 0.168 e. The Bertz CT molecular complexity index is 1320. The summed E-state index contributed by atoms with van der Waals surface area (Å²) < 4.78 is 12.5. The summed E-state index contributed by atoms with van der Waals surface area (Å²) in [5.74, 6) is 2.25. The maximum atomic E-state index is 13.0. The first-order valence-corrected chi connectivity index (χ1v) is 11.7. The molecule has 1 N–H and O–H groups in total. The van der Waals surface area contributed by atoms with Gasteiger partial charge >= 0.3 is 0 Å². The molecule has 0 amide bonds. The van der Waals surface area contributed by atoms with Gasteiger partial charge in [-0.05, 0) is 35.1 Å². The molecule has 2 aromatic carbocycles. The van der Waals surface area contributed by atoms with Crippen molar-refractivity contribution in [1.82, 2.24) is 14.6 Å². The van der Waals surface area contributed by atoms with E-state index in [4.69, 9.17) is 9.47 Å². The van der Waals surface area contributed by atoms with Crippen LogP contribution in [0.25, 0.3) is 5.65 Å². The minimum absolute atomic E-state index is 0.0399. The summed E-state index contributed by atoms with van der Waals surface area (Å²) in [7, 11) is 3.26. The molecule has 7 nitrogen and oxygen atoms in total. The fraction of sp³-hybridized carbons (Fsp3) is 0.321. The van der Waals surface area contributed by atoms with Crippen molar-refractivity contribution in [3.8, 4) is 11.5 Å². The lowest BCUT2D eigenvalue weighted by Gasteiger charge is -2.19. The van der Waals surface area contributed by atoms with E-state index in [9.17, 15) is 4.79 Å². The number of ketones is 1. The van der Waals surface area contributed by atoms with Crippen molar-refractivity contribution in [2.45, 2.75) is 39.0 Å². The molecule has 2 aromatic heterocycles. The van der Waals surface area contributed by atoms with Crippen LogP contribution in [0.15, 0.2) is 60.8 Å². The fourth-order valence-electron chi connectivity index (χ4n) is 3.98. The Kier molecular flexibility index (Phi) is 7.05. The monoisotopic (exact) mass is 472 g/mol. The van der Waals surface area contributed by atoms with Crippen LogP contribution < -0.4 is 14.8 Å². The molecule has 7 heteroatoms. The Morgan fingerprint density at radius 2 is 1.71 bits per heavy atom. The lowest BCUT2D eigenvalue weighted by atomic mass is 9.86. The van der Waals surface area contributed by atoms with Gasteiger partial charge < -0.3 is 14.8 Å². The Labute approximate surface area is 206 Å². The number of nitrogens with one attached hydrogen (secondary N) is 1. The van der Waals surface area contributed by atoms with E-state index in [1.807, 2.05) is 54.6 Å². The average Bonchev–Trinajstić information content (AvgIpc) is 3.32. The molecule has 0 aliphatic rings. The van der Waals surface area contributed by atoms with Gasteiger partial charge in [0.15, 0.2) is 22.9 Å². The second kappa shape index (κ2) is 10.2. The third-order valence-electron chi connectivity index (χ3n) is 5.99. The summed E-state index contributed by atoms with van der Waals surface area (Å²) in [5, 5.41) is 7.82. The first-order chi connectivity index (χ1) is 16.8. The van der Waals surface area contributed by atoms with Gasteiger partial charge in [-0.1, -0.05) is 51.1 Å². The van der Waals surface area contributed by atoms with Gasteiger partial charge in [-0.2, -0.15) is 9.61 Å². The first-order valence-electron chi connectivity index (χ1n) is 11.7. The normalized spacial score (nSPS) is 11.5. The number of hydrogen-bond donors (Lipinski definition) is 1. The number of benzene rings is 2. The zero-order chi connectivity index (χ0) is 25.0. The van der Waals surface area contributed by atoms with E-state index in [1.54, 1.807) is 24.9 Å². The molecule has 0 unspecified atom stereocenters. The van der Waals surface area contributed by atoms with E-state index in [1.165, 1.54) is 5.56 Å². The molecule has 0 saturated heterocycles. The van der Waals surface area contributed by atoms with Gasteiger partial charge in [-0.15, -0.1) is 0 Å². The number of nitrogens with zero attached hydrogens (tertiary/aromatic N) is 3. The smallest absolute Gasteiger partial charge is 0.168 e. The maximum absolute atomic E-state index is 13.0. The molecule has 182 valence electrons. The minimum atomic E-state index is 0.0399. The summed E-state index contributed by atoms with van der Waals surface area (Å²) in [4.78, 5) is 17.6. The average molecular weight is 473 g/mol. The lowest BCUT2D eigenvalue weighted by Crippen LogP contribution is -2.13. The molecule has 4 aromatic rings. The number of carbonyl (C=O) groups is 1. The zero-order valence-electron chi connectivity index (χ0n) is 21.0. The molecule has 0 aliphatic carbocycles. The zero-order valence-corrected chi connectivity index (χ0v) is 21.0. The Balaban J connectivity index is 1.47. The minimum Gasteiger partial charge on any atom is -0.493 e. The van der Waals surface area contributed by atoms with Gasteiger partial charge in [0.05, 0.1) is 32.5 Å². The topological polar surface area (TPSA) is 77.8 Å². The summed E-state index contributed by atoms with van der Waals surface area (Å²) in [6, 6.07) is 17.5. The van der Waals surface area contributed by atoms with Crippen molar-refractivity contribution in [2.24, 2.45) is 0 Å². The van der Waals surface area contributed by atoms with Crippen LogP contribution in [-0.2, 0) is 18.3 Å². The third kappa shape index (κ3) is 5.62. The highest BCUT2D eigenvalue weighted by Gasteiger charge is 2.16. The van der Waals surface area contributed by atoms with Crippen molar-refractivity contribution in [1.29, 1.82) is 0 Å². The van der Waals surface area contributed by atoms with Crippen LogP contribution in [0, 0.1) is 0 Å². The predicted octanol–water partition coefficient (Wildman–Crippen LogP) is 5.12. The molecule has 0 saturated carbocycles. The lowest BCUT2D eigenvalue weighted by molar-refractivity contribution is 0.0992. The number of aromatic nitrogens is 3. The summed E-state index contributed by atoms with van der Waals surface area (Å²) in [6.07, 6.45) is 2.71. The van der Waals surface area contributed by atoms with E-state index in [0.717, 1.165) is 17.8 Å².